The van der Waals surface area contributed by atoms with Crippen molar-refractivity contribution in [1.29, 1.82) is 0 Å². The molecule has 92 valence electrons. The van der Waals surface area contributed by atoms with E-state index in [4.69, 9.17) is 9.84 Å². The lowest BCUT2D eigenvalue weighted by atomic mass is 10.1. The molecule has 0 amide bonds. The van der Waals surface area contributed by atoms with Crippen LogP contribution >= 0.6 is 0 Å². The molecule has 0 aromatic heterocycles. The van der Waals surface area contributed by atoms with Crippen molar-refractivity contribution in [2.45, 2.75) is 6.42 Å². The van der Waals surface area contributed by atoms with E-state index in [1.54, 1.807) is 12.1 Å². The standard InChI is InChI=1S/C13H17NO3/c1-14-8-4-3-5-10-6-7-11(17-2)9-12(10)13(15)16/h3,5-7,9,14H,4,8H2,1-2H3,(H,15,16). The number of carboxylic acids is 1. The fourth-order valence-electron chi connectivity index (χ4n) is 1.43. The average molecular weight is 235 g/mol. The van der Waals surface area contributed by atoms with E-state index in [-0.39, 0.29) is 5.56 Å². The van der Waals surface area contributed by atoms with Crippen LogP contribution in [0.25, 0.3) is 6.08 Å². The lowest BCUT2D eigenvalue weighted by Crippen LogP contribution is -2.05. The molecule has 17 heavy (non-hydrogen) atoms. The summed E-state index contributed by atoms with van der Waals surface area (Å²) in [4.78, 5) is 11.1. The van der Waals surface area contributed by atoms with Gasteiger partial charge < -0.3 is 15.2 Å². The van der Waals surface area contributed by atoms with Crippen molar-refractivity contribution in [3.8, 4) is 5.75 Å². The summed E-state index contributed by atoms with van der Waals surface area (Å²) < 4.78 is 5.01. The number of aromatic carboxylic acids is 1. The van der Waals surface area contributed by atoms with Gasteiger partial charge in [-0.15, -0.1) is 0 Å². The van der Waals surface area contributed by atoms with Crippen molar-refractivity contribution in [2.24, 2.45) is 0 Å². The molecule has 1 aromatic carbocycles. The van der Waals surface area contributed by atoms with Gasteiger partial charge in [0.1, 0.15) is 5.75 Å². The summed E-state index contributed by atoms with van der Waals surface area (Å²) in [6.45, 7) is 0.870. The van der Waals surface area contributed by atoms with E-state index >= 15 is 0 Å². The summed E-state index contributed by atoms with van der Waals surface area (Å²) in [5.41, 5.74) is 0.944. The van der Waals surface area contributed by atoms with Crippen LogP contribution in [0.5, 0.6) is 5.75 Å². The third-order valence-electron chi connectivity index (χ3n) is 2.35. The van der Waals surface area contributed by atoms with Gasteiger partial charge in [0.05, 0.1) is 12.7 Å². The van der Waals surface area contributed by atoms with E-state index in [9.17, 15) is 4.79 Å². The van der Waals surface area contributed by atoms with E-state index in [0.717, 1.165) is 13.0 Å². The first-order valence-electron chi connectivity index (χ1n) is 5.41. The fraction of sp³-hybridized carbons (Fsp3) is 0.308. The van der Waals surface area contributed by atoms with Crippen LogP contribution in [-0.2, 0) is 0 Å². The Bertz CT molecular complexity index is 413. The molecule has 1 rings (SSSR count). The molecule has 0 fully saturated rings. The van der Waals surface area contributed by atoms with Gasteiger partial charge in [0.25, 0.3) is 0 Å². The molecule has 0 heterocycles. The van der Waals surface area contributed by atoms with Crippen molar-refractivity contribution >= 4 is 12.0 Å². The molecule has 0 spiro atoms. The number of methoxy groups -OCH3 is 1. The second kappa shape index (κ2) is 6.70. The maximum absolute atomic E-state index is 11.1. The lowest BCUT2D eigenvalue weighted by molar-refractivity contribution is 0.0696. The number of carboxylic acid groups (broad SMARTS) is 1. The zero-order valence-electron chi connectivity index (χ0n) is 10.1. The Labute approximate surface area is 101 Å². The molecule has 4 nitrogen and oxygen atoms in total. The van der Waals surface area contributed by atoms with Gasteiger partial charge in [0, 0.05) is 0 Å². The lowest BCUT2D eigenvalue weighted by Gasteiger charge is -2.04. The monoisotopic (exact) mass is 235 g/mol. The Morgan fingerprint density at radius 3 is 2.88 bits per heavy atom. The van der Waals surface area contributed by atoms with Gasteiger partial charge in [-0.05, 0) is 37.7 Å². The van der Waals surface area contributed by atoms with Crippen LogP contribution < -0.4 is 10.1 Å². The van der Waals surface area contributed by atoms with Crippen LogP contribution in [0.1, 0.15) is 22.3 Å². The predicted octanol–water partition coefficient (Wildman–Crippen LogP) is 2.02. The fourth-order valence-corrected chi connectivity index (χ4v) is 1.43. The summed E-state index contributed by atoms with van der Waals surface area (Å²) in [5.74, 6) is -0.396. The molecule has 0 aliphatic carbocycles. The van der Waals surface area contributed by atoms with E-state index < -0.39 is 5.97 Å². The van der Waals surface area contributed by atoms with Crippen LogP contribution in [-0.4, -0.2) is 31.8 Å². The van der Waals surface area contributed by atoms with Gasteiger partial charge in [-0.3, -0.25) is 0 Å². The van der Waals surface area contributed by atoms with Crippen LogP contribution in [0, 0.1) is 0 Å². The van der Waals surface area contributed by atoms with Crippen molar-refractivity contribution in [3.63, 3.8) is 0 Å². The van der Waals surface area contributed by atoms with Crippen molar-refractivity contribution in [3.05, 3.63) is 35.4 Å². The van der Waals surface area contributed by atoms with Gasteiger partial charge in [0.2, 0.25) is 0 Å². The third-order valence-corrected chi connectivity index (χ3v) is 2.35. The van der Waals surface area contributed by atoms with Crippen molar-refractivity contribution in [2.75, 3.05) is 20.7 Å². The molecule has 0 radical (unpaired) electrons. The highest BCUT2D eigenvalue weighted by molar-refractivity contribution is 5.92. The van der Waals surface area contributed by atoms with Gasteiger partial charge in [-0.2, -0.15) is 0 Å². The number of benzene rings is 1. The number of ether oxygens (including phenoxy) is 1. The topological polar surface area (TPSA) is 58.6 Å². The summed E-state index contributed by atoms with van der Waals surface area (Å²) in [6, 6.07) is 5.03. The zero-order valence-corrected chi connectivity index (χ0v) is 10.1. The highest BCUT2D eigenvalue weighted by atomic mass is 16.5. The SMILES string of the molecule is CNCCC=Cc1ccc(OC)cc1C(=O)O. The first-order chi connectivity index (χ1) is 8.19. The maximum Gasteiger partial charge on any atom is 0.336 e. The second-order valence-electron chi connectivity index (χ2n) is 3.55. The van der Waals surface area contributed by atoms with Gasteiger partial charge in [0.15, 0.2) is 0 Å². The number of hydrogen-bond acceptors (Lipinski definition) is 3. The third kappa shape index (κ3) is 3.92. The molecule has 0 atom stereocenters. The molecule has 4 heteroatoms. The Morgan fingerprint density at radius 2 is 2.29 bits per heavy atom. The molecule has 0 aliphatic heterocycles. The average Bonchev–Trinajstić information content (AvgIpc) is 2.34. The Morgan fingerprint density at radius 1 is 1.53 bits per heavy atom. The summed E-state index contributed by atoms with van der Waals surface area (Å²) in [6.07, 6.45) is 4.63. The van der Waals surface area contributed by atoms with Crippen molar-refractivity contribution < 1.29 is 14.6 Å². The van der Waals surface area contributed by atoms with E-state index in [1.807, 2.05) is 19.2 Å². The minimum absolute atomic E-state index is 0.255. The number of carbonyl (C=O) groups is 1. The van der Waals surface area contributed by atoms with Crippen LogP contribution in [0.4, 0.5) is 0 Å². The first kappa shape index (κ1) is 13.3. The van der Waals surface area contributed by atoms with Gasteiger partial charge in [-0.25, -0.2) is 4.79 Å². The molecule has 0 aliphatic rings. The second-order valence-corrected chi connectivity index (χ2v) is 3.55. The predicted molar refractivity (Wildman–Crippen MR) is 67.5 cm³/mol. The smallest absolute Gasteiger partial charge is 0.336 e. The molecular formula is C13H17NO3. The number of nitrogens with one attached hydrogen (secondary N) is 1. The van der Waals surface area contributed by atoms with Gasteiger partial charge in [-0.1, -0.05) is 18.2 Å². The van der Waals surface area contributed by atoms with Gasteiger partial charge >= 0.3 is 5.97 Å². The summed E-state index contributed by atoms with van der Waals surface area (Å²) in [5, 5.41) is 12.1. The molecule has 0 unspecified atom stereocenters. The molecule has 0 saturated carbocycles. The molecular weight excluding hydrogens is 218 g/mol. The Kier molecular flexibility index (Phi) is 5.23. The van der Waals surface area contributed by atoms with Crippen LogP contribution in [0.2, 0.25) is 0 Å². The normalized spacial score (nSPS) is 10.7. The Balaban J connectivity index is 2.90. The number of hydrogen-bond donors (Lipinski definition) is 2. The largest absolute Gasteiger partial charge is 0.497 e. The Hall–Kier alpha value is -1.81. The first-order valence-corrected chi connectivity index (χ1v) is 5.41. The van der Waals surface area contributed by atoms with Crippen molar-refractivity contribution in [1.82, 2.24) is 5.32 Å². The van der Waals surface area contributed by atoms with E-state index in [0.29, 0.717) is 11.3 Å². The zero-order chi connectivity index (χ0) is 12.7. The minimum Gasteiger partial charge on any atom is -0.497 e. The summed E-state index contributed by atoms with van der Waals surface area (Å²) >= 11 is 0. The molecule has 1 aromatic rings. The van der Waals surface area contributed by atoms with E-state index in [1.165, 1.54) is 13.2 Å². The molecule has 0 bridgehead atoms. The summed E-state index contributed by atoms with van der Waals surface area (Å²) in [7, 11) is 3.40. The number of rotatable bonds is 6. The minimum atomic E-state index is -0.947. The highest BCUT2D eigenvalue weighted by Gasteiger charge is 2.08. The quantitative estimate of drug-likeness (QED) is 0.740. The maximum atomic E-state index is 11.1. The van der Waals surface area contributed by atoms with E-state index in [2.05, 4.69) is 5.32 Å². The molecule has 0 saturated heterocycles. The van der Waals surface area contributed by atoms with Crippen LogP contribution in [0.3, 0.4) is 0 Å². The highest BCUT2D eigenvalue weighted by Crippen LogP contribution is 2.19. The van der Waals surface area contributed by atoms with Crippen LogP contribution in [0.15, 0.2) is 24.3 Å². The molecule has 2 N–H and O–H groups in total.